The molecule has 1 nitrogen and oxygen atoms in total. The number of rotatable bonds is 9. The third-order valence-corrected chi connectivity index (χ3v) is 61.1. The van der Waals surface area contributed by atoms with Crippen LogP contribution in [0, 0.1) is 0 Å². The first kappa shape index (κ1) is 33.3. The average molecular weight is 729 g/mol. The van der Waals surface area contributed by atoms with Gasteiger partial charge in [0.15, 0.2) is 0 Å². The molecule has 6 aliphatic rings. The number of hydrogen-bond acceptors (Lipinski definition) is 1. The van der Waals surface area contributed by atoms with Crippen LogP contribution in [0.1, 0.15) is 193 Å². The van der Waals surface area contributed by atoms with Crippen LogP contribution in [0.3, 0.4) is 0 Å². The molecule has 42 heavy (non-hydrogen) atoms. The van der Waals surface area contributed by atoms with Crippen molar-refractivity contribution in [1.29, 1.82) is 0 Å². The molecule has 5 heteroatoms. The summed E-state index contributed by atoms with van der Waals surface area (Å²) in [5, 5.41) is 0. The first-order valence-corrected chi connectivity index (χ1v) is 29.8. The van der Waals surface area contributed by atoms with Gasteiger partial charge in [0.25, 0.3) is 0 Å². The van der Waals surface area contributed by atoms with Crippen molar-refractivity contribution in [2.45, 2.75) is 227 Å². The molecule has 248 valence electrons. The summed E-state index contributed by atoms with van der Waals surface area (Å²) in [5.74, 6) is 0. The van der Waals surface area contributed by atoms with Gasteiger partial charge in [-0.05, 0) is 0 Å². The Morgan fingerprint density at radius 2 is 0.524 bits per heavy atom. The van der Waals surface area contributed by atoms with E-state index in [2.05, 4.69) is 0 Å². The van der Waals surface area contributed by atoms with Crippen molar-refractivity contribution in [3.63, 3.8) is 0 Å². The van der Waals surface area contributed by atoms with Crippen LogP contribution in [0.5, 0.6) is 0 Å². The predicted octanol–water partition coefficient (Wildman–Crippen LogP) is 13.3. The summed E-state index contributed by atoms with van der Waals surface area (Å²) in [6, 6.07) is 0. The molecule has 0 aliphatic heterocycles. The van der Waals surface area contributed by atoms with E-state index < -0.39 is 26.2 Å². The number of halogens is 1. The van der Waals surface area contributed by atoms with Crippen LogP contribution in [-0.4, -0.2) is 37.8 Å². The Morgan fingerprint density at radius 1 is 0.357 bits per heavy atom. The van der Waals surface area contributed by atoms with Gasteiger partial charge in [0, 0.05) is 0 Å². The second-order valence-corrected chi connectivity index (χ2v) is 41.3. The second kappa shape index (κ2) is 16.0. The Labute approximate surface area is 271 Å². The van der Waals surface area contributed by atoms with Crippen LogP contribution in [0.2, 0.25) is 0 Å². The zero-order valence-corrected chi connectivity index (χ0v) is 31.7. The van der Waals surface area contributed by atoms with Gasteiger partial charge in [-0.3, -0.25) is 0 Å². The molecule has 0 radical (unpaired) electrons. The number of carbonyl (C=O) groups is 1. The first-order chi connectivity index (χ1) is 20.7. The predicted molar refractivity (Wildman–Crippen MR) is 189 cm³/mol. The Bertz CT molecular complexity index is 678. The van der Waals surface area contributed by atoms with Crippen LogP contribution in [0.4, 0.5) is 4.79 Å². The van der Waals surface area contributed by atoms with E-state index in [1.807, 2.05) is 0 Å². The molecule has 0 atom stereocenters. The fraction of sp³-hybridized carbons (Fsp3) is 0.973. The summed E-state index contributed by atoms with van der Waals surface area (Å²) in [4.78, 5) is 15.2. The van der Waals surface area contributed by atoms with E-state index in [1.165, 1.54) is 193 Å². The van der Waals surface area contributed by atoms with Crippen molar-refractivity contribution in [2.75, 3.05) is 0 Å². The van der Waals surface area contributed by atoms with Gasteiger partial charge >= 0.3 is 273 Å². The zero-order chi connectivity index (χ0) is 28.8. The second-order valence-electron chi connectivity index (χ2n) is 16.0. The van der Waals surface area contributed by atoms with Crippen molar-refractivity contribution in [1.82, 2.24) is 0 Å². The van der Waals surface area contributed by atoms with Gasteiger partial charge in [-0.1, -0.05) is 0 Å². The summed E-state index contributed by atoms with van der Waals surface area (Å²) in [6.45, 7) is 0. The van der Waals surface area contributed by atoms with Gasteiger partial charge in [-0.2, -0.15) is 0 Å². The van der Waals surface area contributed by atoms with Crippen LogP contribution < -0.4 is 0 Å². The Balaban J connectivity index is 1.61. The molecule has 0 spiro atoms. The minimum atomic E-state index is -1.96. The number of hydrogen-bond donors (Lipinski definition) is 0. The van der Waals surface area contributed by atoms with Crippen molar-refractivity contribution in [2.24, 2.45) is 0 Å². The number of carbonyl (C=O) groups excluding carboxylic acids is 1. The van der Waals surface area contributed by atoms with E-state index in [-0.39, 0.29) is 0 Å². The standard InChI is InChI=1S/2C18H33P.CClO.Rh/c2*1-4-10-16(11-5-1)19(17-12-6-2-7-13-17)18-14-8-3-9-15-18;2-1-3;/h2*16-18H,1-15H2;;/q;;;-2/p+2. The molecule has 0 unspecified atom stereocenters. The summed E-state index contributed by atoms with van der Waals surface area (Å²) < 4.78 is 0.433. The summed E-state index contributed by atoms with van der Waals surface area (Å²) in [7, 11) is 0. The first-order valence-electron chi connectivity index (χ1n) is 19.5. The quantitative estimate of drug-likeness (QED) is 0.131. The third kappa shape index (κ3) is 6.59. The molecule has 6 saturated carbocycles. The average Bonchev–Trinajstić information content (AvgIpc) is 3.07. The maximum atomic E-state index is 15.2. The molecular weight excluding hydrogens is 661 g/mol. The molecule has 6 aliphatic carbocycles. The van der Waals surface area contributed by atoms with Gasteiger partial charge in [0.05, 0.1) is 0 Å². The van der Waals surface area contributed by atoms with Crippen LogP contribution >= 0.6 is 22.8 Å². The molecule has 0 N–H and O–H groups in total. The molecule has 0 amide bonds. The molecule has 0 aromatic heterocycles. The van der Waals surface area contributed by atoms with Crippen molar-refractivity contribution >= 4 is 26.6 Å². The summed E-state index contributed by atoms with van der Waals surface area (Å²) >= 11 is 5.92. The van der Waals surface area contributed by atoms with Crippen LogP contribution in [0.15, 0.2) is 0 Å². The van der Waals surface area contributed by atoms with Gasteiger partial charge < -0.3 is 0 Å². The molecule has 0 heterocycles. The summed E-state index contributed by atoms with van der Waals surface area (Å²) in [5.41, 5.74) is 1.88. The minimum absolute atomic E-state index is 0.433. The van der Waals surface area contributed by atoms with Gasteiger partial charge in [0.2, 0.25) is 0 Å². The monoisotopic (exact) mass is 728 g/mol. The van der Waals surface area contributed by atoms with E-state index in [9.17, 15) is 0 Å². The fourth-order valence-electron chi connectivity index (χ4n) is 12.5. The Kier molecular flexibility index (Phi) is 12.7. The van der Waals surface area contributed by atoms with Crippen LogP contribution in [-0.2, 0) is 15.0 Å². The third-order valence-electron chi connectivity index (χ3n) is 14.0. The van der Waals surface area contributed by atoms with Gasteiger partial charge in [0.1, 0.15) is 0 Å². The van der Waals surface area contributed by atoms with Crippen molar-refractivity contribution in [3.05, 3.63) is 0 Å². The maximum absolute atomic E-state index is 15.2. The Morgan fingerprint density at radius 3 is 0.667 bits per heavy atom. The van der Waals surface area contributed by atoms with E-state index in [1.54, 1.807) is 0 Å². The SMILES string of the molecule is O=[C](Cl)[Rh]([PH](C1CCCCC1)(C1CCCCC1)C1CCCCC1)[PH](C1CCCCC1)(C1CCCCC1)C1CCCCC1. The molecule has 0 bridgehead atoms. The van der Waals surface area contributed by atoms with Gasteiger partial charge in [-0.25, -0.2) is 0 Å². The Hall–Kier alpha value is 1.44. The molecule has 0 aromatic rings. The van der Waals surface area contributed by atoms with Crippen LogP contribution in [0.25, 0.3) is 0 Å². The molecule has 6 fully saturated rings. The molecule has 0 saturated heterocycles. The molecular formula is C37H68ClOP2Rh. The zero-order valence-electron chi connectivity index (χ0n) is 27.3. The van der Waals surface area contributed by atoms with Crippen molar-refractivity contribution < 1.29 is 19.8 Å². The topological polar surface area (TPSA) is 17.1 Å². The normalized spacial score (nSPS) is 29.3. The molecule has 0 aromatic carbocycles. The van der Waals surface area contributed by atoms with E-state index in [0.717, 1.165) is 34.0 Å². The summed E-state index contributed by atoms with van der Waals surface area (Å²) in [6.07, 6.45) is 44.6. The van der Waals surface area contributed by atoms with E-state index >= 15 is 4.79 Å². The fourth-order valence-corrected chi connectivity index (χ4v) is 81.5. The molecule has 6 rings (SSSR count). The van der Waals surface area contributed by atoms with Gasteiger partial charge in [-0.15, -0.1) is 0 Å². The van der Waals surface area contributed by atoms with E-state index in [4.69, 9.17) is 11.6 Å². The van der Waals surface area contributed by atoms with Crippen molar-refractivity contribution in [3.8, 4) is 0 Å². The van der Waals surface area contributed by atoms with E-state index in [0.29, 0.717) is 3.84 Å².